The molecular formula is C19H20N5O2-. The van der Waals surface area contributed by atoms with Gasteiger partial charge in [0, 0.05) is 11.5 Å². The molecule has 0 bridgehead atoms. The summed E-state index contributed by atoms with van der Waals surface area (Å²) >= 11 is 0. The highest BCUT2D eigenvalue weighted by molar-refractivity contribution is 5.95. The van der Waals surface area contributed by atoms with Crippen molar-refractivity contribution in [2.75, 3.05) is 12.4 Å². The minimum atomic E-state index is -0.599. The maximum atomic E-state index is 12.9. The molecule has 0 spiro atoms. The van der Waals surface area contributed by atoms with Crippen LogP contribution in [0.15, 0.2) is 42.5 Å². The van der Waals surface area contributed by atoms with Crippen LogP contribution in [0.1, 0.15) is 28.4 Å². The van der Waals surface area contributed by atoms with Crippen molar-refractivity contribution in [2.45, 2.75) is 26.2 Å². The number of hydrogen-bond donors (Lipinski definition) is 1. The zero-order valence-electron chi connectivity index (χ0n) is 14.9. The lowest BCUT2D eigenvalue weighted by molar-refractivity contribution is -0.117. The molecule has 134 valence electrons. The number of methoxy groups -OCH3 is 1. The van der Waals surface area contributed by atoms with E-state index in [9.17, 15) is 4.79 Å². The largest absolute Gasteiger partial charge is 0.497 e. The summed E-state index contributed by atoms with van der Waals surface area (Å²) in [5.41, 5.74) is 3.85. The molecule has 0 aliphatic rings. The van der Waals surface area contributed by atoms with E-state index in [1.807, 2.05) is 50.2 Å². The smallest absolute Gasteiger partial charge is 0.232 e. The van der Waals surface area contributed by atoms with Crippen LogP contribution in [0, 0.1) is 13.8 Å². The van der Waals surface area contributed by atoms with Crippen molar-refractivity contribution in [1.82, 2.24) is 20.6 Å². The molecule has 1 amide bonds. The van der Waals surface area contributed by atoms with Crippen molar-refractivity contribution in [1.29, 1.82) is 0 Å². The van der Waals surface area contributed by atoms with E-state index in [1.54, 1.807) is 7.11 Å². The van der Waals surface area contributed by atoms with Gasteiger partial charge in [0.1, 0.15) is 5.75 Å². The summed E-state index contributed by atoms with van der Waals surface area (Å²) in [5.74, 6) is 0.232. The quantitative estimate of drug-likeness (QED) is 0.734. The number of tetrazole rings is 1. The second kappa shape index (κ2) is 7.77. The van der Waals surface area contributed by atoms with Gasteiger partial charge in [-0.1, -0.05) is 18.2 Å². The Hall–Kier alpha value is -3.22. The lowest BCUT2D eigenvalue weighted by atomic mass is 9.97. The number of carbonyl (C=O) groups excluding carboxylic acids is 1. The van der Waals surface area contributed by atoms with Gasteiger partial charge in [0.25, 0.3) is 0 Å². The van der Waals surface area contributed by atoms with E-state index in [4.69, 9.17) is 4.74 Å². The molecule has 1 heterocycles. The minimum Gasteiger partial charge on any atom is -0.497 e. The summed E-state index contributed by atoms with van der Waals surface area (Å²) in [6.07, 6.45) is 0.418. The number of aromatic nitrogens is 4. The van der Waals surface area contributed by atoms with Gasteiger partial charge in [0.2, 0.25) is 5.91 Å². The third-order valence-electron chi connectivity index (χ3n) is 4.03. The van der Waals surface area contributed by atoms with Gasteiger partial charge >= 0.3 is 0 Å². The molecule has 3 aromatic rings. The Labute approximate surface area is 151 Å². The second-order valence-corrected chi connectivity index (χ2v) is 6.21. The molecule has 0 saturated carbocycles. The third kappa shape index (κ3) is 4.24. The fourth-order valence-electron chi connectivity index (χ4n) is 2.90. The predicted octanol–water partition coefficient (Wildman–Crippen LogP) is 2.42. The molecule has 0 aliphatic carbocycles. The first kappa shape index (κ1) is 17.6. The average Bonchev–Trinajstić information content (AvgIpc) is 3.13. The molecule has 1 aromatic heterocycles. The summed E-state index contributed by atoms with van der Waals surface area (Å²) in [4.78, 5) is 12.9. The molecule has 0 saturated heterocycles. The van der Waals surface area contributed by atoms with E-state index >= 15 is 0 Å². The normalized spacial score (nSPS) is 11.8. The first-order valence-electron chi connectivity index (χ1n) is 8.26. The molecule has 7 nitrogen and oxygen atoms in total. The Balaban J connectivity index is 1.85. The van der Waals surface area contributed by atoms with E-state index in [1.165, 1.54) is 0 Å². The van der Waals surface area contributed by atoms with Crippen LogP contribution in [0.3, 0.4) is 0 Å². The average molecular weight is 350 g/mol. The molecule has 1 atom stereocenters. The summed E-state index contributed by atoms with van der Waals surface area (Å²) in [6, 6.07) is 13.5. The number of rotatable bonds is 6. The van der Waals surface area contributed by atoms with Crippen LogP contribution in [0.5, 0.6) is 5.75 Å². The minimum absolute atomic E-state index is 0.201. The van der Waals surface area contributed by atoms with Gasteiger partial charge in [-0.3, -0.25) is 15.1 Å². The summed E-state index contributed by atoms with van der Waals surface area (Å²) in [6.45, 7) is 3.98. The Morgan fingerprint density at radius 1 is 1.19 bits per heavy atom. The maximum Gasteiger partial charge on any atom is 0.232 e. The molecule has 1 N–H and O–H groups in total. The van der Waals surface area contributed by atoms with Gasteiger partial charge in [-0.05, 0) is 61.2 Å². The summed E-state index contributed by atoms with van der Waals surface area (Å²) < 4.78 is 5.25. The van der Waals surface area contributed by atoms with Crippen LogP contribution in [0.2, 0.25) is 0 Å². The number of benzene rings is 2. The zero-order valence-corrected chi connectivity index (χ0v) is 14.9. The van der Waals surface area contributed by atoms with Crippen molar-refractivity contribution in [3.05, 3.63) is 65.0 Å². The molecule has 2 aromatic carbocycles. The van der Waals surface area contributed by atoms with Gasteiger partial charge in [-0.25, -0.2) is 0 Å². The lowest BCUT2D eigenvalue weighted by Crippen LogP contribution is -2.24. The number of hydrogen-bond acceptors (Lipinski definition) is 5. The number of nitrogens with zero attached hydrogens (tertiary/aromatic N) is 4. The van der Waals surface area contributed by atoms with Crippen LogP contribution >= 0.6 is 0 Å². The fourth-order valence-corrected chi connectivity index (χ4v) is 2.90. The van der Waals surface area contributed by atoms with Crippen molar-refractivity contribution in [3.8, 4) is 5.75 Å². The fraction of sp³-hybridized carbons (Fsp3) is 0.263. The van der Waals surface area contributed by atoms with Gasteiger partial charge in [-0.2, -0.15) is 5.21 Å². The first-order valence-corrected chi connectivity index (χ1v) is 8.26. The lowest BCUT2D eigenvalue weighted by Gasteiger charge is -2.18. The third-order valence-corrected chi connectivity index (χ3v) is 4.03. The van der Waals surface area contributed by atoms with Crippen molar-refractivity contribution < 1.29 is 9.53 Å². The van der Waals surface area contributed by atoms with Crippen LogP contribution in [0.25, 0.3) is 0 Å². The van der Waals surface area contributed by atoms with E-state index in [0.29, 0.717) is 12.2 Å². The molecule has 0 unspecified atom stereocenters. The summed E-state index contributed by atoms with van der Waals surface area (Å²) in [5, 5.41) is 17.8. The van der Waals surface area contributed by atoms with Crippen LogP contribution in [0.4, 0.5) is 5.69 Å². The van der Waals surface area contributed by atoms with Gasteiger partial charge in [0.15, 0.2) is 0 Å². The Morgan fingerprint density at radius 3 is 2.62 bits per heavy atom. The Bertz CT molecular complexity index is 872. The molecule has 7 heteroatoms. The van der Waals surface area contributed by atoms with Crippen LogP contribution < -0.4 is 15.2 Å². The molecule has 26 heavy (non-hydrogen) atoms. The first-order chi connectivity index (χ1) is 12.5. The van der Waals surface area contributed by atoms with E-state index in [-0.39, 0.29) is 5.91 Å². The number of nitrogens with one attached hydrogen (secondary N) is 1. The van der Waals surface area contributed by atoms with Gasteiger partial charge < -0.3 is 15.2 Å². The molecule has 0 aliphatic heterocycles. The van der Waals surface area contributed by atoms with E-state index < -0.39 is 5.92 Å². The van der Waals surface area contributed by atoms with E-state index in [0.717, 1.165) is 28.1 Å². The monoisotopic (exact) mass is 350 g/mol. The number of aryl methyl sites for hydroxylation is 2. The highest BCUT2D eigenvalue weighted by Crippen LogP contribution is 2.23. The van der Waals surface area contributed by atoms with Gasteiger partial charge in [-0.15, -0.1) is 0 Å². The topological polar surface area (TPSA) is 91.1 Å². The highest BCUT2D eigenvalue weighted by Gasteiger charge is 2.21. The zero-order chi connectivity index (χ0) is 18.5. The van der Waals surface area contributed by atoms with Crippen molar-refractivity contribution in [2.24, 2.45) is 0 Å². The van der Waals surface area contributed by atoms with Gasteiger partial charge in [0.05, 0.1) is 13.0 Å². The van der Waals surface area contributed by atoms with Crippen molar-refractivity contribution >= 4 is 11.6 Å². The Kier molecular flexibility index (Phi) is 5.26. The summed E-state index contributed by atoms with van der Waals surface area (Å²) in [7, 11) is 1.61. The maximum absolute atomic E-state index is 12.9. The van der Waals surface area contributed by atoms with Crippen LogP contribution in [-0.4, -0.2) is 28.5 Å². The van der Waals surface area contributed by atoms with Crippen LogP contribution in [-0.2, 0) is 11.2 Å². The Morgan fingerprint density at radius 2 is 1.96 bits per heavy atom. The predicted molar refractivity (Wildman–Crippen MR) is 97.1 cm³/mol. The highest BCUT2D eigenvalue weighted by atomic mass is 16.5. The van der Waals surface area contributed by atoms with E-state index in [2.05, 4.69) is 32.0 Å². The SMILES string of the molecule is COc1cccc(C[C@H](C(=O)Nc2cc(C)cc(C)c2)c2nnn[n-]2)c1. The molecular weight excluding hydrogens is 330 g/mol. The molecule has 0 radical (unpaired) electrons. The number of carbonyl (C=O) groups is 1. The second-order valence-electron chi connectivity index (χ2n) is 6.21. The standard InChI is InChI=1S/C19H21N5O2/c1-12-7-13(2)9-15(8-12)20-19(25)17(18-21-23-24-22-18)11-14-5-4-6-16(10-14)26-3/h4-10,17H,11H2,1-3H3,(H2,20,21,22,23,24,25)/p-1/t17-/m0/s1. The molecule has 0 fully saturated rings. The molecule has 3 rings (SSSR count). The number of amides is 1. The van der Waals surface area contributed by atoms with Crippen molar-refractivity contribution in [3.63, 3.8) is 0 Å². The number of ether oxygens (including phenoxy) is 1. The number of anilines is 1.